The van der Waals surface area contributed by atoms with Crippen LogP contribution in [0.25, 0.3) is 0 Å². The van der Waals surface area contributed by atoms with E-state index in [0.717, 1.165) is 44.0 Å². The van der Waals surface area contributed by atoms with Crippen LogP contribution in [0.4, 0.5) is 5.82 Å². The van der Waals surface area contributed by atoms with E-state index in [4.69, 9.17) is 5.73 Å². The second-order valence-corrected chi connectivity index (χ2v) is 10.1. The first kappa shape index (κ1) is 19.3. The van der Waals surface area contributed by atoms with Gasteiger partial charge in [-0.05, 0) is 49.5 Å². The van der Waals surface area contributed by atoms with Crippen LogP contribution in [0.5, 0.6) is 0 Å². The topological polar surface area (TPSA) is 62.5 Å². The van der Waals surface area contributed by atoms with Crippen molar-refractivity contribution in [2.24, 2.45) is 17.8 Å². The highest BCUT2D eigenvalue weighted by Crippen LogP contribution is 2.45. The van der Waals surface area contributed by atoms with Crippen LogP contribution in [-0.2, 0) is 11.3 Å². The normalized spacial score (nSPS) is 33.5. The van der Waals surface area contributed by atoms with Crippen LogP contribution in [0.3, 0.4) is 0 Å². The number of piperidine rings is 3. The molecule has 2 N–H and O–H groups in total. The van der Waals surface area contributed by atoms with Crippen molar-refractivity contribution in [1.29, 1.82) is 0 Å². The van der Waals surface area contributed by atoms with Gasteiger partial charge in [0.2, 0.25) is 5.91 Å². The zero-order chi connectivity index (χ0) is 19.8. The molecule has 0 radical (unpaired) electrons. The van der Waals surface area contributed by atoms with E-state index in [1.807, 2.05) is 6.07 Å². The molecule has 1 aromatic heterocycles. The zero-order valence-corrected chi connectivity index (χ0v) is 17.6. The summed E-state index contributed by atoms with van der Waals surface area (Å²) in [6.45, 7) is 3.08. The van der Waals surface area contributed by atoms with E-state index < -0.39 is 0 Å². The number of hydrogen-bond donors (Lipinski definition) is 1. The van der Waals surface area contributed by atoms with Gasteiger partial charge in [-0.1, -0.05) is 38.2 Å². The molecule has 5 rings (SSSR count). The van der Waals surface area contributed by atoms with Crippen molar-refractivity contribution in [3.05, 3.63) is 23.9 Å². The molecule has 4 fully saturated rings. The molecule has 5 heteroatoms. The van der Waals surface area contributed by atoms with E-state index in [1.165, 1.54) is 51.4 Å². The second kappa shape index (κ2) is 8.25. The number of anilines is 1. The SMILES string of the molecule is Nc1ncccc1CN1C[C@H]2C[C@@H](C1)[C@H](CC1CCCCC1)N1C(=O)CCC[C@@H]21. The van der Waals surface area contributed by atoms with Gasteiger partial charge in [0, 0.05) is 49.9 Å². The van der Waals surface area contributed by atoms with Crippen LogP contribution >= 0.6 is 0 Å². The Bertz CT molecular complexity index is 731. The fourth-order valence-corrected chi connectivity index (χ4v) is 6.89. The zero-order valence-electron chi connectivity index (χ0n) is 17.6. The summed E-state index contributed by atoms with van der Waals surface area (Å²) in [7, 11) is 0. The first-order valence-electron chi connectivity index (χ1n) is 11.9. The monoisotopic (exact) mass is 396 g/mol. The first-order valence-corrected chi connectivity index (χ1v) is 11.9. The number of carbonyl (C=O) groups is 1. The third kappa shape index (κ3) is 3.90. The molecule has 1 amide bonds. The van der Waals surface area contributed by atoms with Crippen LogP contribution in [0.2, 0.25) is 0 Å². The predicted octanol–water partition coefficient (Wildman–Crippen LogP) is 3.84. The number of nitrogens with zero attached hydrogens (tertiary/aromatic N) is 3. The Balaban J connectivity index is 1.36. The summed E-state index contributed by atoms with van der Waals surface area (Å²) in [6, 6.07) is 5.03. The fourth-order valence-electron chi connectivity index (χ4n) is 6.89. The molecule has 0 unspecified atom stereocenters. The molecular formula is C24H36N4O. The summed E-state index contributed by atoms with van der Waals surface area (Å²) >= 11 is 0. The molecule has 1 saturated carbocycles. The molecular weight excluding hydrogens is 360 g/mol. The molecule has 4 heterocycles. The number of hydrogen-bond acceptors (Lipinski definition) is 4. The molecule has 1 aliphatic carbocycles. The Labute approximate surface area is 175 Å². The first-order chi connectivity index (χ1) is 14.2. The van der Waals surface area contributed by atoms with Crippen molar-refractivity contribution < 1.29 is 4.79 Å². The summed E-state index contributed by atoms with van der Waals surface area (Å²) in [5.74, 6) is 3.17. The minimum absolute atomic E-state index is 0.446. The molecule has 1 aromatic rings. The maximum Gasteiger partial charge on any atom is 0.223 e. The number of pyridine rings is 1. The van der Waals surface area contributed by atoms with Crippen molar-refractivity contribution in [3.63, 3.8) is 0 Å². The van der Waals surface area contributed by atoms with E-state index in [2.05, 4.69) is 20.9 Å². The van der Waals surface area contributed by atoms with Gasteiger partial charge in [-0.3, -0.25) is 9.69 Å². The van der Waals surface area contributed by atoms with Gasteiger partial charge in [-0.25, -0.2) is 4.98 Å². The van der Waals surface area contributed by atoms with E-state index in [0.29, 0.717) is 35.6 Å². The van der Waals surface area contributed by atoms with Crippen LogP contribution in [0, 0.1) is 17.8 Å². The molecule has 0 spiro atoms. The smallest absolute Gasteiger partial charge is 0.223 e. The number of amides is 1. The van der Waals surface area contributed by atoms with Gasteiger partial charge in [-0.2, -0.15) is 0 Å². The second-order valence-electron chi connectivity index (χ2n) is 10.1. The molecule has 3 saturated heterocycles. The highest BCUT2D eigenvalue weighted by Gasteiger charge is 2.49. The highest BCUT2D eigenvalue weighted by atomic mass is 16.2. The van der Waals surface area contributed by atoms with E-state index >= 15 is 0 Å². The summed E-state index contributed by atoms with van der Waals surface area (Å²) in [6.07, 6.45) is 14.3. The Morgan fingerprint density at radius 1 is 1.07 bits per heavy atom. The maximum absolute atomic E-state index is 13.0. The van der Waals surface area contributed by atoms with Crippen LogP contribution in [0.1, 0.15) is 69.8 Å². The van der Waals surface area contributed by atoms with Gasteiger partial charge >= 0.3 is 0 Å². The van der Waals surface area contributed by atoms with Gasteiger partial charge in [0.05, 0.1) is 0 Å². The minimum atomic E-state index is 0.446. The number of likely N-dealkylation sites (tertiary alicyclic amines) is 1. The van der Waals surface area contributed by atoms with Crippen LogP contribution < -0.4 is 5.73 Å². The molecule has 4 atom stereocenters. The standard InChI is InChI=1S/C24H36N4O/c25-24-18(8-5-11-26-24)14-27-15-19-13-20(16-27)22(12-17-6-2-1-3-7-17)28-21(19)9-4-10-23(28)29/h5,8,11,17,19-22H,1-4,6-7,9-10,12-16H2,(H2,25,26)/t19-,20+,21+,22+/m1/s1. The van der Waals surface area contributed by atoms with Gasteiger partial charge in [0.15, 0.2) is 0 Å². The lowest BCUT2D eigenvalue weighted by molar-refractivity contribution is -0.154. The number of aromatic nitrogens is 1. The van der Waals surface area contributed by atoms with Crippen molar-refractivity contribution in [2.45, 2.75) is 82.8 Å². The number of fused-ring (bicyclic) bond motifs is 4. The maximum atomic E-state index is 13.0. The Morgan fingerprint density at radius 2 is 1.90 bits per heavy atom. The Kier molecular flexibility index (Phi) is 5.51. The molecule has 0 aromatic carbocycles. The third-order valence-electron chi connectivity index (χ3n) is 8.19. The highest BCUT2D eigenvalue weighted by molar-refractivity contribution is 5.78. The summed E-state index contributed by atoms with van der Waals surface area (Å²) in [5.41, 5.74) is 7.28. The summed E-state index contributed by atoms with van der Waals surface area (Å²) in [5, 5.41) is 0. The van der Waals surface area contributed by atoms with Crippen molar-refractivity contribution in [1.82, 2.24) is 14.8 Å². The van der Waals surface area contributed by atoms with Crippen LogP contribution in [-0.4, -0.2) is 45.9 Å². The molecule has 5 nitrogen and oxygen atoms in total. The van der Waals surface area contributed by atoms with Crippen molar-refractivity contribution in [3.8, 4) is 0 Å². The minimum Gasteiger partial charge on any atom is -0.383 e. The third-order valence-corrected chi connectivity index (χ3v) is 8.19. The van der Waals surface area contributed by atoms with E-state index in [9.17, 15) is 4.79 Å². The van der Waals surface area contributed by atoms with Gasteiger partial charge in [-0.15, -0.1) is 0 Å². The number of nitrogens with two attached hydrogens (primary N) is 1. The lowest BCUT2D eigenvalue weighted by Crippen LogP contribution is -2.65. The van der Waals surface area contributed by atoms with Gasteiger partial charge in [0.25, 0.3) is 0 Å². The van der Waals surface area contributed by atoms with E-state index in [1.54, 1.807) is 6.20 Å². The number of carbonyl (C=O) groups excluding carboxylic acids is 1. The van der Waals surface area contributed by atoms with Crippen LogP contribution in [0.15, 0.2) is 18.3 Å². The summed E-state index contributed by atoms with van der Waals surface area (Å²) < 4.78 is 0. The van der Waals surface area contributed by atoms with E-state index in [-0.39, 0.29) is 0 Å². The number of rotatable bonds is 4. The lowest BCUT2D eigenvalue weighted by atomic mass is 9.69. The predicted molar refractivity (Wildman–Crippen MR) is 115 cm³/mol. The molecule has 4 aliphatic rings. The fraction of sp³-hybridized carbons (Fsp3) is 0.750. The summed E-state index contributed by atoms with van der Waals surface area (Å²) in [4.78, 5) is 22.3. The molecule has 29 heavy (non-hydrogen) atoms. The Morgan fingerprint density at radius 3 is 2.72 bits per heavy atom. The number of nitrogen functional groups attached to an aromatic ring is 1. The Hall–Kier alpha value is -1.62. The molecule has 2 bridgehead atoms. The molecule has 3 aliphatic heterocycles. The van der Waals surface area contributed by atoms with Crippen molar-refractivity contribution >= 4 is 11.7 Å². The average molecular weight is 397 g/mol. The van der Waals surface area contributed by atoms with Gasteiger partial charge < -0.3 is 10.6 Å². The van der Waals surface area contributed by atoms with Crippen molar-refractivity contribution in [2.75, 3.05) is 18.8 Å². The average Bonchev–Trinajstić information content (AvgIpc) is 2.74. The largest absolute Gasteiger partial charge is 0.383 e. The lowest BCUT2D eigenvalue weighted by Gasteiger charge is -2.57. The quantitative estimate of drug-likeness (QED) is 0.840. The van der Waals surface area contributed by atoms with Gasteiger partial charge in [0.1, 0.15) is 5.82 Å². The molecule has 158 valence electrons.